The van der Waals surface area contributed by atoms with Gasteiger partial charge in [0.05, 0.1) is 5.69 Å². The average molecular weight is 287 g/mol. The molecule has 2 fully saturated rings. The Bertz CT molecular complexity index is 471. The summed E-state index contributed by atoms with van der Waals surface area (Å²) >= 11 is 0. The Labute approximate surface area is 129 Å². The van der Waals surface area contributed by atoms with Gasteiger partial charge >= 0.3 is 0 Å². The molecule has 2 aliphatic heterocycles. The van der Waals surface area contributed by atoms with E-state index >= 15 is 0 Å². The van der Waals surface area contributed by atoms with Crippen LogP contribution in [0.4, 0.5) is 0 Å². The number of nitrogens with zero attached hydrogens (tertiary/aromatic N) is 3. The summed E-state index contributed by atoms with van der Waals surface area (Å²) < 4.78 is 0. The quantitative estimate of drug-likeness (QED) is 0.851. The SMILES string of the molecule is Cc1cccc(CN2CC3CCCCN3CC2C(C)C)n1. The number of hydrogen-bond donors (Lipinski definition) is 0. The Morgan fingerprint density at radius 1 is 1.24 bits per heavy atom. The van der Waals surface area contributed by atoms with Gasteiger partial charge in [-0.15, -0.1) is 0 Å². The number of aromatic nitrogens is 1. The molecule has 1 aromatic rings. The van der Waals surface area contributed by atoms with Gasteiger partial charge in [-0.1, -0.05) is 26.3 Å². The molecule has 0 spiro atoms. The molecular formula is C18H29N3. The molecule has 21 heavy (non-hydrogen) atoms. The van der Waals surface area contributed by atoms with E-state index in [-0.39, 0.29) is 0 Å². The first kappa shape index (κ1) is 15.0. The van der Waals surface area contributed by atoms with E-state index in [4.69, 9.17) is 4.98 Å². The van der Waals surface area contributed by atoms with Crippen LogP contribution in [0.2, 0.25) is 0 Å². The smallest absolute Gasteiger partial charge is 0.0547 e. The third-order valence-corrected chi connectivity index (χ3v) is 5.17. The zero-order valence-corrected chi connectivity index (χ0v) is 13.8. The molecule has 3 heterocycles. The van der Waals surface area contributed by atoms with Crippen LogP contribution in [0.1, 0.15) is 44.5 Å². The van der Waals surface area contributed by atoms with Crippen molar-refractivity contribution < 1.29 is 0 Å². The van der Waals surface area contributed by atoms with Crippen molar-refractivity contribution in [1.29, 1.82) is 0 Å². The second kappa shape index (κ2) is 6.45. The van der Waals surface area contributed by atoms with Gasteiger partial charge in [0.15, 0.2) is 0 Å². The second-order valence-electron chi connectivity index (χ2n) is 7.16. The summed E-state index contributed by atoms with van der Waals surface area (Å²) in [6.45, 7) is 11.6. The minimum atomic E-state index is 0.668. The van der Waals surface area contributed by atoms with Gasteiger partial charge in [0.25, 0.3) is 0 Å². The lowest BCUT2D eigenvalue weighted by molar-refractivity contribution is -0.0124. The van der Waals surface area contributed by atoms with Crippen LogP contribution in [0.15, 0.2) is 18.2 Å². The van der Waals surface area contributed by atoms with Crippen molar-refractivity contribution in [2.75, 3.05) is 19.6 Å². The molecule has 116 valence electrons. The van der Waals surface area contributed by atoms with Crippen LogP contribution in [-0.2, 0) is 6.54 Å². The summed E-state index contributed by atoms with van der Waals surface area (Å²) in [5.41, 5.74) is 2.36. The summed E-state index contributed by atoms with van der Waals surface area (Å²) in [5, 5.41) is 0. The van der Waals surface area contributed by atoms with E-state index in [1.165, 1.54) is 44.6 Å². The van der Waals surface area contributed by atoms with Crippen molar-refractivity contribution in [3.05, 3.63) is 29.6 Å². The first-order valence-corrected chi connectivity index (χ1v) is 8.54. The van der Waals surface area contributed by atoms with Gasteiger partial charge in [0.1, 0.15) is 0 Å². The van der Waals surface area contributed by atoms with Crippen molar-refractivity contribution in [2.45, 2.75) is 58.7 Å². The van der Waals surface area contributed by atoms with Gasteiger partial charge in [-0.3, -0.25) is 14.8 Å². The summed E-state index contributed by atoms with van der Waals surface area (Å²) in [6.07, 6.45) is 4.17. The fourth-order valence-electron chi connectivity index (χ4n) is 3.98. The Balaban J connectivity index is 1.74. The first-order chi connectivity index (χ1) is 10.1. The van der Waals surface area contributed by atoms with E-state index in [0.717, 1.165) is 18.3 Å². The predicted octanol–water partition coefficient (Wildman–Crippen LogP) is 3.08. The van der Waals surface area contributed by atoms with Gasteiger partial charge in [0.2, 0.25) is 0 Å². The molecule has 0 aliphatic carbocycles. The number of hydrogen-bond acceptors (Lipinski definition) is 3. The highest BCUT2D eigenvalue weighted by atomic mass is 15.3. The highest BCUT2D eigenvalue weighted by molar-refractivity contribution is 5.10. The largest absolute Gasteiger partial charge is 0.298 e. The second-order valence-corrected chi connectivity index (χ2v) is 7.16. The number of rotatable bonds is 3. The van der Waals surface area contributed by atoms with Crippen molar-refractivity contribution in [1.82, 2.24) is 14.8 Å². The van der Waals surface area contributed by atoms with Crippen LogP contribution in [0.5, 0.6) is 0 Å². The Kier molecular flexibility index (Phi) is 4.60. The number of fused-ring (bicyclic) bond motifs is 1. The molecule has 2 atom stereocenters. The fraction of sp³-hybridized carbons (Fsp3) is 0.722. The van der Waals surface area contributed by atoms with Crippen molar-refractivity contribution >= 4 is 0 Å². The molecule has 3 rings (SSSR count). The average Bonchev–Trinajstić information content (AvgIpc) is 2.46. The minimum Gasteiger partial charge on any atom is -0.298 e. The molecule has 2 saturated heterocycles. The lowest BCUT2D eigenvalue weighted by Crippen LogP contribution is -2.60. The number of piperidine rings is 1. The molecule has 0 aromatic carbocycles. The number of aryl methyl sites for hydroxylation is 1. The summed E-state index contributed by atoms with van der Waals surface area (Å²) in [7, 11) is 0. The van der Waals surface area contributed by atoms with E-state index in [1.54, 1.807) is 0 Å². The van der Waals surface area contributed by atoms with Crippen LogP contribution in [0, 0.1) is 12.8 Å². The van der Waals surface area contributed by atoms with E-state index in [2.05, 4.69) is 48.8 Å². The summed E-state index contributed by atoms with van der Waals surface area (Å²) in [4.78, 5) is 10.1. The Morgan fingerprint density at radius 3 is 2.86 bits per heavy atom. The molecule has 0 bridgehead atoms. The molecule has 1 aromatic heterocycles. The molecule has 2 unspecified atom stereocenters. The maximum Gasteiger partial charge on any atom is 0.0547 e. The van der Waals surface area contributed by atoms with E-state index in [1.807, 2.05) is 0 Å². The van der Waals surface area contributed by atoms with Gasteiger partial charge in [-0.2, -0.15) is 0 Å². The van der Waals surface area contributed by atoms with Crippen molar-refractivity contribution in [3.63, 3.8) is 0 Å². The molecule has 0 radical (unpaired) electrons. The van der Waals surface area contributed by atoms with Crippen LogP contribution < -0.4 is 0 Å². The Morgan fingerprint density at radius 2 is 2.10 bits per heavy atom. The summed E-state index contributed by atoms with van der Waals surface area (Å²) in [6, 6.07) is 7.85. The lowest BCUT2D eigenvalue weighted by atomic mass is 9.92. The molecule has 2 aliphatic rings. The van der Waals surface area contributed by atoms with Crippen LogP contribution in [0.3, 0.4) is 0 Å². The zero-order chi connectivity index (χ0) is 14.8. The third kappa shape index (κ3) is 3.46. The fourth-order valence-corrected chi connectivity index (χ4v) is 3.98. The van der Waals surface area contributed by atoms with E-state index in [9.17, 15) is 0 Å². The minimum absolute atomic E-state index is 0.668. The van der Waals surface area contributed by atoms with Gasteiger partial charge < -0.3 is 0 Å². The summed E-state index contributed by atoms with van der Waals surface area (Å²) in [5.74, 6) is 0.706. The molecule has 3 heteroatoms. The van der Waals surface area contributed by atoms with Gasteiger partial charge in [-0.25, -0.2) is 0 Å². The topological polar surface area (TPSA) is 19.4 Å². The van der Waals surface area contributed by atoms with Crippen molar-refractivity contribution in [2.24, 2.45) is 5.92 Å². The highest BCUT2D eigenvalue weighted by Crippen LogP contribution is 2.28. The normalized spacial score (nSPS) is 27.8. The Hall–Kier alpha value is -0.930. The van der Waals surface area contributed by atoms with Crippen LogP contribution in [-0.4, -0.2) is 46.5 Å². The first-order valence-electron chi connectivity index (χ1n) is 8.54. The lowest BCUT2D eigenvalue weighted by Gasteiger charge is -2.49. The van der Waals surface area contributed by atoms with E-state index in [0.29, 0.717) is 12.0 Å². The molecule has 3 nitrogen and oxygen atoms in total. The van der Waals surface area contributed by atoms with Crippen molar-refractivity contribution in [3.8, 4) is 0 Å². The third-order valence-electron chi connectivity index (χ3n) is 5.17. The van der Waals surface area contributed by atoms with Gasteiger partial charge in [-0.05, 0) is 44.4 Å². The number of pyridine rings is 1. The molecule has 0 N–H and O–H groups in total. The molecule has 0 saturated carbocycles. The van der Waals surface area contributed by atoms with E-state index < -0.39 is 0 Å². The van der Waals surface area contributed by atoms with Crippen LogP contribution >= 0.6 is 0 Å². The maximum atomic E-state index is 4.71. The highest BCUT2D eigenvalue weighted by Gasteiger charge is 2.36. The molecule has 0 amide bonds. The number of piperazine rings is 1. The predicted molar refractivity (Wildman–Crippen MR) is 87.2 cm³/mol. The molecular weight excluding hydrogens is 258 g/mol. The van der Waals surface area contributed by atoms with Gasteiger partial charge in [0, 0.05) is 37.4 Å². The monoisotopic (exact) mass is 287 g/mol. The maximum absolute atomic E-state index is 4.71. The zero-order valence-electron chi connectivity index (χ0n) is 13.8. The standard InChI is InChI=1S/C18H29N3/c1-14(2)18-13-20-10-5-4-9-17(20)12-21(18)11-16-8-6-7-15(3)19-16/h6-8,14,17-18H,4-5,9-13H2,1-3H3. The van der Waals surface area contributed by atoms with Crippen LogP contribution in [0.25, 0.3) is 0 Å².